The van der Waals surface area contributed by atoms with Gasteiger partial charge in [-0.25, -0.2) is 0 Å². The predicted octanol–water partition coefficient (Wildman–Crippen LogP) is 1.44. The fourth-order valence-corrected chi connectivity index (χ4v) is 2.30. The summed E-state index contributed by atoms with van der Waals surface area (Å²) in [5, 5.41) is 8.17. The fourth-order valence-electron chi connectivity index (χ4n) is 1.17. The molecule has 0 aliphatic heterocycles. The van der Waals surface area contributed by atoms with E-state index in [9.17, 15) is 4.79 Å². The first-order valence-electron chi connectivity index (χ1n) is 4.46. The number of alkyl halides is 1. The van der Waals surface area contributed by atoms with E-state index in [1.54, 1.807) is 5.38 Å². The lowest BCUT2D eigenvalue weighted by atomic mass is 10.3. The van der Waals surface area contributed by atoms with Crippen molar-refractivity contribution in [3.05, 3.63) is 11.1 Å². The van der Waals surface area contributed by atoms with Gasteiger partial charge in [-0.15, -0.1) is 5.10 Å². The van der Waals surface area contributed by atoms with Gasteiger partial charge in [0, 0.05) is 16.8 Å². The maximum Gasteiger partial charge on any atom is 0.272 e. The van der Waals surface area contributed by atoms with Gasteiger partial charge in [0.05, 0.1) is 0 Å². The molecule has 1 unspecified atom stereocenters. The summed E-state index contributed by atoms with van der Waals surface area (Å²) in [5.41, 5.74) is 0.408. The van der Waals surface area contributed by atoms with Crippen molar-refractivity contribution in [1.29, 1.82) is 0 Å². The molecule has 1 N–H and O–H groups in total. The van der Waals surface area contributed by atoms with Crippen molar-refractivity contribution in [3.8, 4) is 0 Å². The van der Waals surface area contributed by atoms with Crippen molar-refractivity contribution in [2.24, 2.45) is 5.92 Å². The van der Waals surface area contributed by atoms with Gasteiger partial charge in [0.1, 0.15) is 0 Å². The summed E-state index contributed by atoms with van der Waals surface area (Å²) in [6.07, 6.45) is 2.54. The fraction of sp³-hybridized carbons (Fsp3) is 0.625. The van der Waals surface area contributed by atoms with Crippen LogP contribution in [0.25, 0.3) is 0 Å². The molecule has 0 radical (unpaired) electrons. The first kappa shape index (κ1) is 10.0. The van der Waals surface area contributed by atoms with Crippen LogP contribution in [0.2, 0.25) is 0 Å². The van der Waals surface area contributed by atoms with Crippen LogP contribution in [0.4, 0.5) is 0 Å². The molecule has 1 aliphatic carbocycles. The highest BCUT2D eigenvalue weighted by atomic mass is 79.9. The van der Waals surface area contributed by atoms with Crippen molar-refractivity contribution in [1.82, 2.24) is 14.9 Å². The van der Waals surface area contributed by atoms with Crippen LogP contribution in [-0.4, -0.2) is 26.9 Å². The van der Waals surface area contributed by atoms with Crippen molar-refractivity contribution in [2.45, 2.75) is 17.7 Å². The van der Waals surface area contributed by atoms with E-state index in [1.165, 1.54) is 24.4 Å². The van der Waals surface area contributed by atoms with E-state index in [0.29, 0.717) is 17.1 Å². The van der Waals surface area contributed by atoms with Gasteiger partial charge in [-0.05, 0) is 30.3 Å². The topological polar surface area (TPSA) is 54.9 Å². The smallest absolute Gasteiger partial charge is 0.272 e. The summed E-state index contributed by atoms with van der Waals surface area (Å²) >= 11 is 4.74. The van der Waals surface area contributed by atoms with E-state index in [0.717, 1.165) is 5.92 Å². The second-order valence-corrected chi connectivity index (χ2v) is 5.14. The summed E-state index contributed by atoms with van der Waals surface area (Å²) in [5.74, 6) is 0.604. The molecule has 0 aromatic carbocycles. The molecule has 1 fully saturated rings. The molecular weight excluding hydrogens is 266 g/mol. The Morgan fingerprint density at radius 2 is 2.57 bits per heavy atom. The summed E-state index contributed by atoms with van der Waals surface area (Å²) in [4.78, 5) is 11.8. The Kier molecular flexibility index (Phi) is 3.12. The Bertz CT molecular complexity index is 312. The number of hydrogen-bond donors (Lipinski definition) is 1. The third-order valence-electron chi connectivity index (χ3n) is 2.18. The molecule has 1 saturated carbocycles. The largest absolute Gasteiger partial charge is 0.349 e. The number of carbonyl (C=O) groups is 1. The standard InChI is InChI=1S/C8H10BrN3OS/c9-6(5-1-2-5)3-10-8(13)7-4-14-12-11-7/h4-6H,1-3H2,(H,10,13). The molecule has 1 heterocycles. The molecule has 76 valence electrons. The lowest BCUT2D eigenvalue weighted by molar-refractivity contribution is 0.0948. The van der Waals surface area contributed by atoms with Gasteiger partial charge in [0.2, 0.25) is 0 Å². The highest BCUT2D eigenvalue weighted by Crippen LogP contribution is 2.36. The lowest BCUT2D eigenvalue weighted by Crippen LogP contribution is -2.30. The van der Waals surface area contributed by atoms with Crippen molar-refractivity contribution in [3.63, 3.8) is 0 Å². The van der Waals surface area contributed by atoms with Crippen LogP contribution in [0.1, 0.15) is 23.3 Å². The first-order valence-corrected chi connectivity index (χ1v) is 6.22. The van der Waals surface area contributed by atoms with Crippen molar-refractivity contribution < 1.29 is 4.79 Å². The van der Waals surface area contributed by atoms with Crippen LogP contribution in [-0.2, 0) is 0 Å². The van der Waals surface area contributed by atoms with Crippen LogP contribution < -0.4 is 5.32 Å². The Morgan fingerprint density at radius 3 is 3.14 bits per heavy atom. The number of nitrogens with one attached hydrogen (secondary N) is 1. The van der Waals surface area contributed by atoms with Crippen LogP contribution in [0.3, 0.4) is 0 Å². The number of aromatic nitrogens is 2. The van der Waals surface area contributed by atoms with Gasteiger partial charge >= 0.3 is 0 Å². The quantitative estimate of drug-likeness (QED) is 0.847. The second-order valence-electron chi connectivity index (χ2n) is 3.35. The molecule has 1 aromatic rings. The molecule has 6 heteroatoms. The minimum absolute atomic E-state index is 0.135. The molecule has 14 heavy (non-hydrogen) atoms. The van der Waals surface area contributed by atoms with Crippen LogP contribution >= 0.6 is 27.5 Å². The van der Waals surface area contributed by atoms with Gasteiger partial charge in [-0.2, -0.15) is 0 Å². The van der Waals surface area contributed by atoms with Crippen LogP contribution in [0.5, 0.6) is 0 Å². The van der Waals surface area contributed by atoms with Gasteiger partial charge in [-0.3, -0.25) is 4.79 Å². The molecule has 1 aromatic heterocycles. The van der Waals surface area contributed by atoms with E-state index in [2.05, 4.69) is 30.8 Å². The van der Waals surface area contributed by atoms with Crippen molar-refractivity contribution in [2.75, 3.05) is 6.54 Å². The van der Waals surface area contributed by atoms with E-state index < -0.39 is 0 Å². The molecule has 2 rings (SSSR count). The highest BCUT2D eigenvalue weighted by Gasteiger charge is 2.29. The Balaban J connectivity index is 1.77. The van der Waals surface area contributed by atoms with E-state index in [1.807, 2.05) is 0 Å². The highest BCUT2D eigenvalue weighted by molar-refractivity contribution is 9.09. The number of hydrogen-bond acceptors (Lipinski definition) is 4. The molecule has 4 nitrogen and oxygen atoms in total. The average Bonchev–Trinajstić information content (AvgIpc) is 2.90. The number of amides is 1. The lowest BCUT2D eigenvalue weighted by Gasteiger charge is -2.08. The first-order chi connectivity index (χ1) is 6.77. The molecule has 0 spiro atoms. The second kappa shape index (κ2) is 4.35. The maximum absolute atomic E-state index is 11.4. The van der Waals surface area contributed by atoms with Gasteiger partial charge in [0.15, 0.2) is 5.69 Å². The Morgan fingerprint density at radius 1 is 1.79 bits per heavy atom. The molecule has 0 saturated heterocycles. The third kappa shape index (κ3) is 2.51. The number of carbonyl (C=O) groups excluding carboxylic acids is 1. The van der Waals surface area contributed by atoms with E-state index >= 15 is 0 Å². The van der Waals surface area contributed by atoms with Gasteiger partial charge in [0.25, 0.3) is 5.91 Å². The van der Waals surface area contributed by atoms with Gasteiger partial charge < -0.3 is 5.32 Å². The van der Waals surface area contributed by atoms with E-state index in [-0.39, 0.29) is 5.91 Å². The van der Waals surface area contributed by atoms with Crippen LogP contribution in [0, 0.1) is 5.92 Å². The Labute approximate surface area is 94.4 Å². The number of nitrogens with zero attached hydrogens (tertiary/aromatic N) is 2. The SMILES string of the molecule is O=C(NCC(Br)C1CC1)c1csnn1. The predicted molar refractivity (Wildman–Crippen MR) is 57.7 cm³/mol. The monoisotopic (exact) mass is 275 g/mol. The molecular formula is C8H10BrN3OS. The van der Waals surface area contributed by atoms with Gasteiger partial charge in [-0.1, -0.05) is 20.4 Å². The summed E-state index contributed by atoms with van der Waals surface area (Å²) in [6.45, 7) is 0.668. The molecule has 0 bridgehead atoms. The zero-order chi connectivity index (χ0) is 9.97. The minimum atomic E-state index is -0.135. The third-order valence-corrected chi connectivity index (χ3v) is 3.76. The molecule has 1 atom stereocenters. The van der Waals surface area contributed by atoms with E-state index in [4.69, 9.17) is 0 Å². The molecule has 1 amide bonds. The average molecular weight is 276 g/mol. The normalized spacial score (nSPS) is 17.8. The zero-order valence-electron chi connectivity index (χ0n) is 7.44. The number of rotatable bonds is 4. The molecule has 1 aliphatic rings. The number of halogens is 1. The zero-order valence-corrected chi connectivity index (χ0v) is 9.84. The summed E-state index contributed by atoms with van der Waals surface area (Å²) in [6, 6.07) is 0. The summed E-state index contributed by atoms with van der Waals surface area (Å²) in [7, 11) is 0. The Hall–Kier alpha value is -0.490. The minimum Gasteiger partial charge on any atom is -0.349 e. The van der Waals surface area contributed by atoms with Crippen molar-refractivity contribution >= 4 is 33.4 Å². The maximum atomic E-state index is 11.4. The van der Waals surface area contributed by atoms with Crippen LogP contribution in [0.15, 0.2) is 5.38 Å². The summed E-state index contributed by atoms with van der Waals surface area (Å²) < 4.78 is 3.64.